The maximum atomic E-state index is 13.5. The summed E-state index contributed by atoms with van der Waals surface area (Å²) in [4.78, 5) is 26.7. The first kappa shape index (κ1) is 82.1. The zero-order valence-electron chi connectivity index (χ0n) is 56.4. The van der Waals surface area contributed by atoms with Crippen LogP contribution in [-0.4, -0.2) is 99.6 Å². The van der Waals surface area contributed by atoms with Crippen LogP contribution in [0.25, 0.3) is 0 Å². The third kappa shape index (κ3) is 50.4. The number of nitrogens with one attached hydrogen (secondary N) is 1. The molecule has 0 aliphatic carbocycles. The van der Waals surface area contributed by atoms with Crippen molar-refractivity contribution in [1.82, 2.24) is 5.32 Å². The van der Waals surface area contributed by atoms with Gasteiger partial charge in [-0.25, -0.2) is 0 Å². The van der Waals surface area contributed by atoms with Gasteiger partial charge in [-0.3, -0.25) is 9.59 Å². The van der Waals surface area contributed by atoms with Crippen molar-refractivity contribution in [3.8, 4) is 0 Å². The summed E-state index contributed by atoms with van der Waals surface area (Å²) in [6.07, 6.45) is 72.2. The van der Waals surface area contributed by atoms with Gasteiger partial charge in [0.25, 0.3) is 0 Å². The zero-order chi connectivity index (χ0) is 63.1. The molecule has 0 aromatic heterocycles. The average Bonchev–Trinajstić information content (AvgIpc) is 2.51. The van der Waals surface area contributed by atoms with Crippen LogP contribution >= 0.6 is 0 Å². The number of carbonyl (C=O) groups is 2. The van der Waals surface area contributed by atoms with Crippen LogP contribution in [0.15, 0.2) is 72.9 Å². The molecule has 11 nitrogen and oxygen atoms in total. The Morgan fingerprint density at radius 2 is 0.793 bits per heavy atom. The lowest BCUT2D eigenvalue weighted by Crippen LogP contribution is -2.61. The molecule has 0 radical (unpaired) electrons. The molecule has 0 aromatic carbocycles. The summed E-state index contributed by atoms with van der Waals surface area (Å²) in [6, 6.07) is -1.03. The predicted molar refractivity (Wildman–Crippen MR) is 366 cm³/mol. The molecular weight excluding hydrogens is 1090 g/mol. The van der Waals surface area contributed by atoms with Gasteiger partial charge in [-0.15, -0.1) is 0 Å². The van der Waals surface area contributed by atoms with Crippen LogP contribution in [0.1, 0.15) is 335 Å². The van der Waals surface area contributed by atoms with Gasteiger partial charge < -0.3 is 45.1 Å². The number of rotatable bonds is 63. The molecule has 8 atom stereocenters. The quantitative estimate of drug-likeness (QED) is 0.0195. The average molecular weight is 1220 g/mol. The van der Waals surface area contributed by atoms with Crippen molar-refractivity contribution >= 4 is 11.9 Å². The predicted octanol–water partition coefficient (Wildman–Crippen LogP) is 19.1. The Bertz CT molecular complexity index is 1690. The Labute approximate surface area is 534 Å². The van der Waals surface area contributed by atoms with Crippen LogP contribution < -0.4 is 5.32 Å². The SMILES string of the molecule is CCCCC/C=C\C/C=C\C/C=C\CCCCCCCCC(=O)OC1C(OCC(NC(=O)C(O)CCCCCCCCCCCCCCCCCC/C=C\C/C=C\CCCCC)C(O)/C=C/CCCCCCCCCCCCC)OC(CO)C(O)C1O. The van der Waals surface area contributed by atoms with E-state index in [2.05, 4.69) is 86.8 Å². The molecular formula is C76H137NO10. The molecule has 506 valence electrons. The summed E-state index contributed by atoms with van der Waals surface area (Å²) in [5.41, 5.74) is 0. The number of amides is 1. The molecule has 1 heterocycles. The molecule has 0 bridgehead atoms. The molecule has 0 aromatic rings. The van der Waals surface area contributed by atoms with E-state index in [1.807, 2.05) is 6.08 Å². The number of aliphatic hydroxyl groups excluding tert-OH is 5. The highest BCUT2D eigenvalue weighted by Crippen LogP contribution is 2.26. The van der Waals surface area contributed by atoms with Gasteiger partial charge in [0.15, 0.2) is 12.4 Å². The second-order valence-corrected chi connectivity index (χ2v) is 25.3. The van der Waals surface area contributed by atoms with Crippen molar-refractivity contribution in [2.24, 2.45) is 0 Å². The maximum Gasteiger partial charge on any atom is 0.306 e. The molecule has 6 N–H and O–H groups in total. The van der Waals surface area contributed by atoms with Crippen molar-refractivity contribution in [2.75, 3.05) is 13.2 Å². The second kappa shape index (κ2) is 63.3. The van der Waals surface area contributed by atoms with E-state index >= 15 is 0 Å². The monoisotopic (exact) mass is 1220 g/mol. The van der Waals surface area contributed by atoms with Gasteiger partial charge in [-0.2, -0.15) is 0 Å². The van der Waals surface area contributed by atoms with E-state index in [1.165, 1.54) is 193 Å². The lowest BCUT2D eigenvalue weighted by Gasteiger charge is -2.41. The van der Waals surface area contributed by atoms with E-state index in [1.54, 1.807) is 6.08 Å². The fraction of sp³-hybridized carbons (Fsp3) is 0.816. The maximum absolute atomic E-state index is 13.5. The molecule has 1 aliphatic heterocycles. The molecule has 8 unspecified atom stereocenters. The number of carbonyl (C=O) groups excluding carboxylic acids is 2. The molecule has 1 amide bonds. The van der Waals surface area contributed by atoms with Gasteiger partial charge in [0, 0.05) is 6.42 Å². The standard InChI is InChI=1S/C76H137NO10/c1-4-7-10-13-16-19-22-25-27-29-31-32-33-34-35-36-37-39-40-42-45-48-51-54-57-60-63-69(80)75(84)77-67(68(79)62-59-56-53-50-47-44-24-21-18-15-12-9-6-3)66-85-76-74(73(83)72(82)70(65-78)86-76)87-71(81)64-61-58-55-52-49-46-43-41-38-30-28-26-23-20-17-14-11-8-5-2/h16-17,19-20,25-28,38,41,59,62,67-70,72-74,76,78-80,82-83H,4-15,18,21-24,29-37,39-40,42-58,60-61,63-66H2,1-3H3,(H,77,84)/b19-16-,20-17-,27-25-,28-26-,41-38-,62-59+. The van der Waals surface area contributed by atoms with E-state index in [-0.39, 0.29) is 13.0 Å². The van der Waals surface area contributed by atoms with Crippen molar-refractivity contribution in [2.45, 2.75) is 384 Å². The first-order valence-electron chi connectivity index (χ1n) is 36.7. The fourth-order valence-corrected chi connectivity index (χ4v) is 11.3. The van der Waals surface area contributed by atoms with Gasteiger partial charge in [-0.1, -0.05) is 306 Å². The van der Waals surface area contributed by atoms with E-state index in [0.717, 1.165) is 96.3 Å². The number of hydrogen-bond donors (Lipinski definition) is 6. The highest BCUT2D eigenvalue weighted by Gasteiger charge is 2.47. The van der Waals surface area contributed by atoms with Crippen LogP contribution in [0.4, 0.5) is 0 Å². The third-order valence-corrected chi connectivity index (χ3v) is 17.1. The van der Waals surface area contributed by atoms with E-state index in [9.17, 15) is 35.1 Å². The normalized spacial score (nSPS) is 18.6. The molecule has 1 aliphatic rings. The topological polar surface area (TPSA) is 175 Å². The van der Waals surface area contributed by atoms with Gasteiger partial charge in [0.05, 0.1) is 25.4 Å². The minimum absolute atomic E-state index is 0.108. The number of aliphatic hydroxyl groups is 5. The summed E-state index contributed by atoms with van der Waals surface area (Å²) in [7, 11) is 0. The Balaban J connectivity index is 2.57. The molecule has 11 heteroatoms. The summed E-state index contributed by atoms with van der Waals surface area (Å²) in [6.45, 7) is 5.77. The minimum atomic E-state index is -1.62. The van der Waals surface area contributed by atoms with Crippen LogP contribution in [0.3, 0.4) is 0 Å². The molecule has 1 rings (SSSR count). The summed E-state index contributed by atoms with van der Waals surface area (Å²) < 4.78 is 17.7. The summed E-state index contributed by atoms with van der Waals surface area (Å²) in [5.74, 6) is -1.20. The number of unbranched alkanes of at least 4 members (excludes halogenated alkanes) is 39. The Morgan fingerprint density at radius 1 is 0.448 bits per heavy atom. The van der Waals surface area contributed by atoms with Crippen LogP contribution in [0, 0.1) is 0 Å². The molecule has 0 spiro atoms. The smallest absolute Gasteiger partial charge is 0.306 e. The van der Waals surface area contributed by atoms with Gasteiger partial charge in [0.2, 0.25) is 5.91 Å². The second-order valence-electron chi connectivity index (χ2n) is 25.3. The van der Waals surface area contributed by atoms with E-state index in [0.29, 0.717) is 19.3 Å². The van der Waals surface area contributed by atoms with Crippen molar-refractivity contribution < 1.29 is 49.3 Å². The fourth-order valence-electron chi connectivity index (χ4n) is 11.3. The first-order valence-corrected chi connectivity index (χ1v) is 36.7. The van der Waals surface area contributed by atoms with Crippen molar-refractivity contribution in [3.05, 3.63) is 72.9 Å². The molecule has 1 fully saturated rings. The summed E-state index contributed by atoms with van der Waals surface area (Å²) >= 11 is 0. The number of ether oxygens (including phenoxy) is 3. The molecule has 87 heavy (non-hydrogen) atoms. The highest BCUT2D eigenvalue weighted by molar-refractivity contribution is 5.80. The van der Waals surface area contributed by atoms with Crippen molar-refractivity contribution in [3.63, 3.8) is 0 Å². The van der Waals surface area contributed by atoms with E-state index < -0.39 is 67.4 Å². The van der Waals surface area contributed by atoms with Crippen molar-refractivity contribution in [1.29, 1.82) is 0 Å². The Morgan fingerprint density at radius 3 is 1.21 bits per heavy atom. The van der Waals surface area contributed by atoms with Crippen LogP contribution in [0.2, 0.25) is 0 Å². The number of allylic oxidation sites excluding steroid dienone is 11. The lowest BCUT2D eigenvalue weighted by atomic mass is 9.99. The number of hydrogen-bond acceptors (Lipinski definition) is 10. The summed E-state index contributed by atoms with van der Waals surface area (Å²) in [5, 5.41) is 57.3. The van der Waals surface area contributed by atoms with Gasteiger partial charge in [-0.05, 0) is 96.3 Å². The van der Waals surface area contributed by atoms with Gasteiger partial charge >= 0.3 is 5.97 Å². The first-order chi connectivity index (χ1) is 42.7. The highest BCUT2D eigenvalue weighted by atomic mass is 16.7. The molecule has 1 saturated heterocycles. The number of esters is 1. The largest absolute Gasteiger partial charge is 0.454 e. The Hall–Kier alpha value is -2.90. The lowest BCUT2D eigenvalue weighted by molar-refractivity contribution is -0.305. The molecule has 0 saturated carbocycles. The van der Waals surface area contributed by atoms with Crippen LogP contribution in [0.5, 0.6) is 0 Å². The third-order valence-electron chi connectivity index (χ3n) is 17.1. The minimum Gasteiger partial charge on any atom is -0.454 e. The van der Waals surface area contributed by atoms with Gasteiger partial charge in [0.1, 0.15) is 24.4 Å². The van der Waals surface area contributed by atoms with E-state index in [4.69, 9.17) is 14.2 Å². The van der Waals surface area contributed by atoms with Crippen LogP contribution in [-0.2, 0) is 23.8 Å². The Kier molecular flexibility index (Phi) is 59.7. The zero-order valence-corrected chi connectivity index (χ0v) is 56.4.